The summed E-state index contributed by atoms with van der Waals surface area (Å²) in [5.74, 6) is 0. The lowest BCUT2D eigenvalue weighted by molar-refractivity contribution is 1.37. The smallest absolute Gasteiger partial charge is 0.0626 e. The lowest BCUT2D eigenvalue weighted by Crippen LogP contribution is -1.93. The number of aromatic nitrogens is 2. The highest BCUT2D eigenvalue weighted by molar-refractivity contribution is 6.32. The van der Waals surface area contributed by atoms with Crippen molar-refractivity contribution in [1.82, 2.24) is 8.80 Å². The quantitative estimate of drug-likeness (QED) is 0.157. The maximum atomic E-state index is 2.53. The number of para-hydroxylation sites is 4. The first-order valence-electron chi connectivity index (χ1n) is 23.0. The van der Waals surface area contributed by atoms with E-state index in [9.17, 15) is 0 Å². The van der Waals surface area contributed by atoms with Gasteiger partial charge in [0.1, 0.15) is 0 Å². The van der Waals surface area contributed by atoms with E-state index in [1.807, 2.05) is 0 Å². The molecule has 0 fully saturated rings. The zero-order valence-corrected chi connectivity index (χ0v) is 35.7. The molecule has 0 spiro atoms. The number of benzene rings is 12. The molecule has 2 heteroatoms. The Morgan fingerprint density at radius 3 is 1.05 bits per heavy atom. The Kier molecular flexibility index (Phi) is 6.58. The average Bonchev–Trinajstić information content (AvgIpc) is 4.11. The van der Waals surface area contributed by atoms with Crippen LogP contribution >= 0.6 is 0 Å². The molecule has 0 atom stereocenters. The highest BCUT2D eigenvalue weighted by Gasteiger charge is 2.25. The molecule has 4 heterocycles. The Bertz CT molecular complexity index is 4460. The minimum atomic E-state index is 1.24. The summed E-state index contributed by atoms with van der Waals surface area (Å²) in [6.45, 7) is 0. The average molecular weight is 833 g/mol. The number of hydrogen-bond donors (Lipinski definition) is 0. The maximum Gasteiger partial charge on any atom is 0.0626 e. The van der Waals surface area contributed by atoms with E-state index in [1.54, 1.807) is 0 Å². The number of rotatable bonds is 3. The Morgan fingerprint density at radius 1 is 0.212 bits per heavy atom. The van der Waals surface area contributed by atoms with Crippen molar-refractivity contribution in [3.05, 3.63) is 218 Å². The molecular weight excluding hydrogens is 797 g/mol. The van der Waals surface area contributed by atoms with Crippen LogP contribution in [0.15, 0.2) is 218 Å². The predicted molar refractivity (Wildman–Crippen MR) is 282 cm³/mol. The van der Waals surface area contributed by atoms with Crippen LogP contribution in [-0.2, 0) is 0 Å². The lowest BCUT2D eigenvalue weighted by Gasteiger charge is -2.20. The minimum absolute atomic E-state index is 1.24. The van der Waals surface area contributed by atoms with E-state index in [1.165, 1.54) is 153 Å². The van der Waals surface area contributed by atoms with Crippen LogP contribution in [0.4, 0.5) is 0 Å². The predicted octanol–water partition coefficient (Wildman–Crippen LogP) is 17.6. The Hall–Kier alpha value is -8.72. The summed E-state index contributed by atoms with van der Waals surface area (Å²) < 4.78 is 5.00. The Balaban J connectivity index is 1.11. The van der Waals surface area contributed by atoms with E-state index < -0.39 is 0 Å². The summed E-state index contributed by atoms with van der Waals surface area (Å²) in [4.78, 5) is 0. The molecule has 0 saturated heterocycles. The van der Waals surface area contributed by atoms with Gasteiger partial charge in [0.2, 0.25) is 0 Å². The van der Waals surface area contributed by atoms with E-state index in [0.29, 0.717) is 0 Å². The molecule has 0 aliphatic heterocycles. The van der Waals surface area contributed by atoms with Crippen LogP contribution in [0.25, 0.3) is 153 Å². The second-order valence-corrected chi connectivity index (χ2v) is 18.3. The fraction of sp³-hybridized carbons (Fsp3) is 0. The molecule has 0 N–H and O–H groups in total. The summed E-state index contributed by atoms with van der Waals surface area (Å²) in [5.41, 5.74) is 15.1. The maximum absolute atomic E-state index is 2.53. The van der Waals surface area contributed by atoms with Gasteiger partial charge in [-0.25, -0.2) is 0 Å². The van der Waals surface area contributed by atoms with E-state index in [0.717, 1.165) is 0 Å². The van der Waals surface area contributed by atoms with E-state index >= 15 is 0 Å². The molecule has 16 aromatic rings. The number of hydrogen-bond acceptors (Lipinski definition) is 0. The highest BCUT2D eigenvalue weighted by atomic mass is 14.9. The van der Waals surface area contributed by atoms with Crippen LogP contribution < -0.4 is 0 Å². The molecule has 2 nitrogen and oxygen atoms in total. The fourth-order valence-electron chi connectivity index (χ4n) is 12.6. The van der Waals surface area contributed by atoms with Crippen molar-refractivity contribution in [2.45, 2.75) is 0 Å². The van der Waals surface area contributed by atoms with Gasteiger partial charge in [-0.3, -0.25) is 0 Å². The van der Waals surface area contributed by atoms with Crippen molar-refractivity contribution in [3.8, 4) is 33.4 Å². The van der Waals surface area contributed by atoms with Crippen molar-refractivity contribution in [3.63, 3.8) is 0 Å². The molecule has 0 unspecified atom stereocenters. The molecule has 0 amide bonds. The first kappa shape index (κ1) is 34.7. The summed E-state index contributed by atoms with van der Waals surface area (Å²) in [5, 5.41) is 20.4. The van der Waals surface area contributed by atoms with Crippen LogP contribution in [-0.4, -0.2) is 8.80 Å². The zero-order chi connectivity index (χ0) is 42.8. The van der Waals surface area contributed by atoms with Gasteiger partial charge in [0.05, 0.1) is 33.1 Å². The standard InChI is InChI=1S/C64H36N2/c1-3-17-39-37(15-1)35-38-16-2-4-18-40(38)59(39)60-45-25-13-23-41(47-31-33-49-43-19-5-9-27-55(43)65-57-29-11-7-21-51(57)61(47)63(49)65)53(45)36-54-42(24-14-26-46(54)60)48-32-34-50-44-20-6-10-28-56(44)66-58-30-12-8-22-52(58)62(48)64(50)66/h1-36H. The van der Waals surface area contributed by atoms with Gasteiger partial charge in [-0.05, 0) is 113 Å². The second kappa shape index (κ2) is 12.5. The third kappa shape index (κ3) is 4.27. The fourth-order valence-corrected chi connectivity index (χ4v) is 12.6. The Morgan fingerprint density at radius 2 is 0.576 bits per heavy atom. The summed E-state index contributed by atoms with van der Waals surface area (Å²) in [6.07, 6.45) is 0. The summed E-state index contributed by atoms with van der Waals surface area (Å²) in [6, 6.07) is 82.2. The topological polar surface area (TPSA) is 8.82 Å². The molecule has 0 radical (unpaired) electrons. The van der Waals surface area contributed by atoms with Crippen LogP contribution in [0.5, 0.6) is 0 Å². The normalized spacial score (nSPS) is 12.5. The van der Waals surface area contributed by atoms with E-state index in [2.05, 4.69) is 227 Å². The van der Waals surface area contributed by atoms with Crippen molar-refractivity contribution >= 4 is 119 Å². The van der Waals surface area contributed by atoms with Gasteiger partial charge in [0.15, 0.2) is 0 Å². The molecule has 0 aliphatic rings. The largest absolute Gasteiger partial charge is 0.308 e. The number of nitrogens with zero attached hydrogens (tertiary/aromatic N) is 2. The van der Waals surface area contributed by atoms with E-state index in [4.69, 9.17) is 0 Å². The van der Waals surface area contributed by atoms with Crippen LogP contribution in [0.2, 0.25) is 0 Å². The van der Waals surface area contributed by atoms with Crippen LogP contribution in [0.1, 0.15) is 0 Å². The molecule has 302 valence electrons. The molecule has 4 aromatic heterocycles. The third-order valence-corrected chi connectivity index (χ3v) is 15.1. The third-order valence-electron chi connectivity index (χ3n) is 15.1. The van der Waals surface area contributed by atoms with Gasteiger partial charge in [-0.2, -0.15) is 0 Å². The lowest BCUT2D eigenvalue weighted by atomic mass is 9.82. The van der Waals surface area contributed by atoms with Crippen molar-refractivity contribution in [1.29, 1.82) is 0 Å². The van der Waals surface area contributed by atoms with E-state index in [-0.39, 0.29) is 0 Å². The highest BCUT2D eigenvalue weighted by Crippen LogP contribution is 2.51. The second-order valence-electron chi connectivity index (χ2n) is 18.3. The van der Waals surface area contributed by atoms with Gasteiger partial charge in [0.25, 0.3) is 0 Å². The van der Waals surface area contributed by atoms with Gasteiger partial charge < -0.3 is 8.80 Å². The van der Waals surface area contributed by atoms with Gasteiger partial charge in [-0.1, -0.05) is 182 Å². The monoisotopic (exact) mass is 832 g/mol. The van der Waals surface area contributed by atoms with Gasteiger partial charge >= 0.3 is 0 Å². The Labute approximate surface area is 378 Å². The SMILES string of the molecule is c1ccc2c(-c3c4cccc(-c5ccc6c7ccccc7n7c8ccccc8c5c67)c4cc4c(-c5ccc6c7ccccc7n7c8ccccc8c5c67)cccc34)c3ccccc3cc2c1. The molecular formula is C64H36N2. The van der Waals surface area contributed by atoms with Crippen molar-refractivity contribution in [2.75, 3.05) is 0 Å². The molecule has 12 aromatic carbocycles. The van der Waals surface area contributed by atoms with Gasteiger partial charge in [-0.15, -0.1) is 0 Å². The molecule has 16 rings (SSSR count). The van der Waals surface area contributed by atoms with Crippen molar-refractivity contribution in [2.24, 2.45) is 0 Å². The first-order chi connectivity index (χ1) is 32.8. The molecule has 0 bridgehead atoms. The molecule has 0 saturated carbocycles. The van der Waals surface area contributed by atoms with Crippen molar-refractivity contribution < 1.29 is 0 Å². The summed E-state index contributed by atoms with van der Waals surface area (Å²) in [7, 11) is 0. The molecule has 0 aliphatic carbocycles. The molecule has 66 heavy (non-hydrogen) atoms. The zero-order valence-electron chi connectivity index (χ0n) is 35.7. The van der Waals surface area contributed by atoms with Crippen LogP contribution in [0.3, 0.4) is 0 Å². The van der Waals surface area contributed by atoms with Crippen LogP contribution in [0, 0.1) is 0 Å². The number of fused-ring (bicyclic) bond motifs is 16. The first-order valence-corrected chi connectivity index (χ1v) is 23.0. The summed E-state index contributed by atoms with van der Waals surface area (Å²) >= 11 is 0. The van der Waals surface area contributed by atoms with Gasteiger partial charge in [0, 0.05) is 43.1 Å². The minimum Gasteiger partial charge on any atom is -0.308 e.